The van der Waals surface area contributed by atoms with Gasteiger partial charge in [-0.3, -0.25) is 4.79 Å². The van der Waals surface area contributed by atoms with E-state index in [9.17, 15) is 61.0 Å². The maximum absolute atomic E-state index is 13.5. The first kappa shape index (κ1) is 94.0. The molecule has 3 fully saturated rings. The Kier molecular flexibility index (Phi) is 58.6. The van der Waals surface area contributed by atoms with Gasteiger partial charge in [-0.15, -0.1) is 0 Å². The third-order valence-electron chi connectivity index (χ3n) is 20.9. The predicted octanol–water partition coefficient (Wildman–Crippen LogP) is 14.5. The molecule has 0 bridgehead atoms. The summed E-state index contributed by atoms with van der Waals surface area (Å²) in [5, 5.41) is 121. The van der Waals surface area contributed by atoms with Crippen LogP contribution in [0.1, 0.15) is 341 Å². The highest BCUT2D eigenvalue weighted by Gasteiger charge is 2.54. The van der Waals surface area contributed by atoms with Crippen LogP contribution in [0, 0.1) is 0 Å². The van der Waals surface area contributed by atoms with Crippen molar-refractivity contribution in [3.8, 4) is 0 Å². The molecule has 3 saturated heterocycles. The molecule has 102 heavy (non-hydrogen) atoms. The summed E-state index contributed by atoms with van der Waals surface area (Å²) < 4.78 is 34.4. The van der Waals surface area contributed by atoms with Crippen LogP contribution in [0.3, 0.4) is 0 Å². The van der Waals surface area contributed by atoms with Crippen molar-refractivity contribution in [1.82, 2.24) is 5.32 Å². The highest BCUT2D eigenvalue weighted by molar-refractivity contribution is 5.76. The Labute approximate surface area is 618 Å². The van der Waals surface area contributed by atoms with Crippen molar-refractivity contribution in [2.75, 3.05) is 26.4 Å². The topological polar surface area (TPSA) is 307 Å². The van der Waals surface area contributed by atoms with Crippen molar-refractivity contribution in [2.24, 2.45) is 0 Å². The Morgan fingerprint density at radius 3 is 1.01 bits per heavy atom. The van der Waals surface area contributed by atoms with Crippen LogP contribution in [0.2, 0.25) is 0 Å². The third-order valence-corrected chi connectivity index (χ3v) is 20.9. The molecule has 19 heteroatoms. The van der Waals surface area contributed by atoms with Crippen molar-refractivity contribution in [2.45, 2.75) is 446 Å². The molecular formula is C83H153NO18. The lowest BCUT2D eigenvalue weighted by Crippen LogP contribution is -2.66. The summed E-state index contributed by atoms with van der Waals surface area (Å²) in [6.07, 6.45) is 54.1. The molecule has 0 aromatic carbocycles. The van der Waals surface area contributed by atoms with Gasteiger partial charge in [0.1, 0.15) is 73.2 Å². The maximum atomic E-state index is 13.5. The van der Waals surface area contributed by atoms with Crippen LogP contribution in [0.25, 0.3) is 0 Å². The molecule has 3 aliphatic rings. The van der Waals surface area contributed by atoms with E-state index in [1.54, 1.807) is 6.08 Å². The summed E-state index contributed by atoms with van der Waals surface area (Å²) in [6, 6.07) is -0.972. The highest BCUT2D eigenvalue weighted by atomic mass is 16.8. The van der Waals surface area contributed by atoms with Gasteiger partial charge in [-0.2, -0.15) is 0 Å². The molecule has 0 spiro atoms. The van der Waals surface area contributed by atoms with Crippen molar-refractivity contribution < 1.29 is 89.4 Å². The quantitative estimate of drug-likeness (QED) is 0.0199. The van der Waals surface area contributed by atoms with E-state index < -0.39 is 124 Å². The number of carbonyl (C=O) groups is 1. The summed E-state index contributed by atoms with van der Waals surface area (Å²) in [7, 11) is 0. The second kappa shape index (κ2) is 63.7. The van der Waals surface area contributed by atoms with Crippen LogP contribution < -0.4 is 5.32 Å². The number of amides is 1. The molecule has 3 aliphatic heterocycles. The summed E-state index contributed by atoms with van der Waals surface area (Å²) in [5.74, 6) is -0.270. The zero-order valence-electron chi connectivity index (χ0n) is 64.1. The number of rotatable bonds is 67. The molecule has 0 aliphatic carbocycles. The molecule has 3 rings (SSSR count). The minimum Gasteiger partial charge on any atom is -0.394 e. The van der Waals surface area contributed by atoms with Crippen LogP contribution in [0.5, 0.6) is 0 Å². The van der Waals surface area contributed by atoms with Crippen molar-refractivity contribution in [1.29, 1.82) is 0 Å². The number of hydrogen-bond donors (Lipinski definition) is 12. The van der Waals surface area contributed by atoms with E-state index in [2.05, 4.69) is 55.6 Å². The number of nitrogens with one attached hydrogen (secondary N) is 1. The monoisotopic (exact) mass is 1450 g/mol. The maximum Gasteiger partial charge on any atom is 0.220 e. The Morgan fingerprint density at radius 2 is 0.647 bits per heavy atom. The minimum absolute atomic E-state index is 0.247. The zero-order chi connectivity index (χ0) is 73.9. The molecule has 0 saturated carbocycles. The van der Waals surface area contributed by atoms with Gasteiger partial charge in [0.2, 0.25) is 5.91 Å². The average Bonchev–Trinajstić information content (AvgIpc) is 0.755. The lowest BCUT2D eigenvalue weighted by Gasteiger charge is -2.48. The van der Waals surface area contributed by atoms with Gasteiger partial charge in [-0.25, -0.2) is 0 Å². The lowest BCUT2D eigenvalue weighted by atomic mass is 9.96. The summed E-state index contributed by atoms with van der Waals surface area (Å²) in [6.45, 7) is 1.76. The average molecular weight is 1450 g/mol. The molecule has 17 unspecified atom stereocenters. The third kappa shape index (κ3) is 43.1. The molecule has 19 nitrogen and oxygen atoms in total. The Balaban J connectivity index is 1.28. The van der Waals surface area contributed by atoms with Crippen LogP contribution in [-0.4, -0.2) is 193 Å². The number of aliphatic hydroxyl groups excluding tert-OH is 11. The number of allylic oxidation sites excluding steroid dienone is 7. The van der Waals surface area contributed by atoms with E-state index in [1.807, 2.05) is 6.08 Å². The van der Waals surface area contributed by atoms with Crippen LogP contribution in [0.15, 0.2) is 48.6 Å². The smallest absolute Gasteiger partial charge is 0.220 e. The fourth-order valence-electron chi connectivity index (χ4n) is 14.1. The molecule has 0 aromatic rings. The van der Waals surface area contributed by atoms with Gasteiger partial charge in [0, 0.05) is 6.42 Å². The van der Waals surface area contributed by atoms with Crippen LogP contribution in [-0.2, 0) is 33.2 Å². The molecule has 17 atom stereocenters. The molecule has 12 N–H and O–H groups in total. The fourth-order valence-corrected chi connectivity index (χ4v) is 14.1. The minimum atomic E-state index is -1.98. The SMILES string of the molecule is CCCCCCC/C=C\C/C=C\C/C=C\CCCCCCCCCCCCCCCCCCCCCCCCCCCCC(=O)NC(COC1OC(CO)C(OC2OC(CO)C(OC3OC(CO)C(O)C(O)C3O)C(O)C2O)C(O)C1O)C(O)/C=C/CCCCCCCCCCCCCCCC. The standard InChI is InChI=1S/C83H153NO18/c1-3-5-7-9-11-13-15-17-19-21-22-23-24-25-26-27-28-29-30-31-32-33-34-35-36-37-38-39-40-41-42-43-44-45-47-49-51-53-55-57-59-61-71(89)84-66(67(88)60-58-56-54-52-50-48-46-20-18-16-14-12-10-8-6-4-2)65-97-81-77(95)74(92)79(69(63-86)99-81)102-83-78(96)75(93)80(70(64-87)100-83)101-82-76(94)73(91)72(90)68(62-85)98-82/h15,17,21-22,24-25,58,60,66-70,72-83,85-88,90-96H,3-14,16,18-20,23,26-57,59,61-65H2,1-2H3,(H,84,89)/b17-15-,22-21-,25-24-,60-58+. The zero-order valence-corrected chi connectivity index (χ0v) is 64.1. The molecule has 1 amide bonds. The van der Waals surface area contributed by atoms with Gasteiger partial charge in [-0.1, -0.05) is 326 Å². The largest absolute Gasteiger partial charge is 0.394 e. The number of ether oxygens (including phenoxy) is 6. The Morgan fingerprint density at radius 1 is 0.353 bits per heavy atom. The fraction of sp³-hybridized carbons (Fsp3) is 0.892. The number of aliphatic hydroxyl groups is 11. The van der Waals surface area contributed by atoms with Crippen LogP contribution in [0.4, 0.5) is 0 Å². The van der Waals surface area contributed by atoms with Gasteiger partial charge in [-0.05, 0) is 57.8 Å². The summed E-state index contributed by atoms with van der Waals surface area (Å²) >= 11 is 0. The van der Waals surface area contributed by atoms with Crippen LogP contribution >= 0.6 is 0 Å². The van der Waals surface area contributed by atoms with E-state index in [-0.39, 0.29) is 18.9 Å². The van der Waals surface area contributed by atoms with Crippen molar-refractivity contribution in [3.05, 3.63) is 48.6 Å². The molecule has 3 heterocycles. The second-order valence-corrected chi connectivity index (χ2v) is 29.9. The number of unbranched alkanes of at least 4 members (excludes halogenated alkanes) is 45. The Bertz CT molecular complexity index is 2030. The Hall–Kier alpha value is -2.25. The van der Waals surface area contributed by atoms with Gasteiger partial charge in [0.25, 0.3) is 0 Å². The number of carbonyl (C=O) groups excluding carboxylic acids is 1. The van der Waals surface area contributed by atoms with E-state index in [0.29, 0.717) is 6.42 Å². The second-order valence-electron chi connectivity index (χ2n) is 29.9. The normalized spacial score (nSPS) is 26.4. The van der Waals surface area contributed by atoms with E-state index in [1.165, 1.54) is 257 Å². The summed E-state index contributed by atoms with van der Waals surface area (Å²) in [5.41, 5.74) is 0. The molecule has 0 aromatic heterocycles. The van der Waals surface area contributed by atoms with Gasteiger partial charge in [0.15, 0.2) is 18.9 Å². The van der Waals surface area contributed by atoms with Crippen molar-refractivity contribution >= 4 is 5.91 Å². The van der Waals surface area contributed by atoms with Gasteiger partial charge in [0.05, 0.1) is 38.6 Å². The number of hydrogen-bond acceptors (Lipinski definition) is 18. The van der Waals surface area contributed by atoms with E-state index in [4.69, 9.17) is 28.4 Å². The van der Waals surface area contributed by atoms with E-state index in [0.717, 1.165) is 57.8 Å². The first-order chi connectivity index (χ1) is 49.8. The predicted molar refractivity (Wildman–Crippen MR) is 406 cm³/mol. The summed E-state index contributed by atoms with van der Waals surface area (Å²) in [4.78, 5) is 13.5. The van der Waals surface area contributed by atoms with Gasteiger partial charge < -0.3 is 89.9 Å². The highest BCUT2D eigenvalue weighted by Crippen LogP contribution is 2.33. The lowest BCUT2D eigenvalue weighted by molar-refractivity contribution is -0.379. The molecule has 0 radical (unpaired) electrons. The van der Waals surface area contributed by atoms with Gasteiger partial charge >= 0.3 is 0 Å². The molecule has 598 valence electrons. The van der Waals surface area contributed by atoms with E-state index >= 15 is 0 Å². The molecular weight excluding hydrogens is 1300 g/mol. The van der Waals surface area contributed by atoms with Crippen molar-refractivity contribution in [3.63, 3.8) is 0 Å². The first-order valence-electron chi connectivity index (χ1n) is 41.9. The first-order valence-corrected chi connectivity index (χ1v) is 41.9.